The number of nitrogens with zero attached hydrogens (tertiary/aromatic N) is 2. The lowest BCUT2D eigenvalue weighted by Crippen LogP contribution is -2.56. The van der Waals surface area contributed by atoms with Crippen molar-refractivity contribution in [1.29, 1.82) is 0 Å². The molecule has 0 saturated carbocycles. The van der Waals surface area contributed by atoms with Gasteiger partial charge in [-0.1, -0.05) is 67.7 Å². The number of amides is 2. The Morgan fingerprint density at radius 3 is 2.13 bits per heavy atom. The van der Waals surface area contributed by atoms with E-state index >= 15 is 0 Å². The number of halogens is 2. The van der Waals surface area contributed by atoms with Crippen LogP contribution < -0.4 is 0 Å². The number of ether oxygens (including phenoxy) is 1. The number of hydrazine groups is 1. The molecule has 0 radical (unpaired) electrons. The van der Waals surface area contributed by atoms with Gasteiger partial charge in [0.25, 0.3) is 5.91 Å². The van der Waals surface area contributed by atoms with Crippen LogP contribution in [0.3, 0.4) is 0 Å². The van der Waals surface area contributed by atoms with Crippen LogP contribution in [0.2, 0.25) is 10.0 Å². The minimum atomic E-state index is -0.503. The summed E-state index contributed by atoms with van der Waals surface area (Å²) in [4.78, 5) is 26.2. The van der Waals surface area contributed by atoms with Crippen LogP contribution in [0.25, 0.3) is 0 Å². The Kier molecular flexibility index (Phi) is 8.35. The Labute approximate surface area is 193 Å². The van der Waals surface area contributed by atoms with Crippen LogP contribution in [0.15, 0.2) is 48.5 Å². The zero-order chi connectivity index (χ0) is 22.4. The van der Waals surface area contributed by atoms with Gasteiger partial charge >= 0.3 is 0 Å². The molecule has 1 heterocycles. The highest BCUT2D eigenvalue weighted by Crippen LogP contribution is 2.41. The van der Waals surface area contributed by atoms with Crippen molar-refractivity contribution in [3.05, 3.63) is 69.7 Å². The van der Waals surface area contributed by atoms with Crippen molar-refractivity contribution < 1.29 is 14.3 Å². The van der Waals surface area contributed by atoms with Gasteiger partial charge in [0, 0.05) is 23.0 Å². The molecule has 0 bridgehead atoms. The van der Waals surface area contributed by atoms with Crippen molar-refractivity contribution in [1.82, 2.24) is 10.0 Å². The Morgan fingerprint density at radius 2 is 1.58 bits per heavy atom. The lowest BCUT2D eigenvalue weighted by atomic mass is 9.93. The molecule has 1 aliphatic rings. The molecule has 1 saturated heterocycles. The summed E-state index contributed by atoms with van der Waals surface area (Å²) >= 11 is 12.2. The Balaban J connectivity index is 2.07. The van der Waals surface area contributed by atoms with E-state index in [-0.39, 0.29) is 18.4 Å². The third kappa shape index (κ3) is 5.59. The molecular formula is C24H28Cl2N2O3. The molecule has 5 nitrogen and oxygen atoms in total. The minimum absolute atomic E-state index is 0.0484. The molecule has 2 aromatic carbocycles. The van der Waals surface area contributed by atoms with E-state index < -0.39 is 12.1 Å². The molecule has 0 spiro atoms. The number of hydrogen-bond acceptors (Lipinski definition) is 3. The molecule has 2 amide bonds. The van der Waals surface area contributed by atoms with Crippen LogP contribution in [-0.4, -0.2) is 35.0 Å². The summed E-state index contributed by atoms with van der Waals surface area (Å²) in [6.45, 7) is 4.41. The molecule has 1 aliphatic heterocycles. The van der Waals surface area contributed by atoms with Crippen LogP contribution >= 0.6 is 23.2 Å². The third-order valence-corrected chi connectivity index (χ3v) is 5.83. The molecule has 1 fully saturated rings. The van der Waals surface area contributed by atoms with E-state index in [1.165, 1.54) is 0 Å². The Hall–Kier alpha value is -2.08. The van der Waals surface area contributed by atoms with Gasteiger partial charge in [0.2, 0.25) is 5.91 Å². The molecule has 2 aromatic rings. The second-order valence-corrected chi connectivity index (χ2v) is 8.51. The third-order valence-electron chi connectivity index (χ3n) is 5.33. The summed E-state index contributed by atoms with van der Waals surface area (Å²) in [5.41, 5.74) is 1.74. The zero-order valence-corrected chi connectivity index (χ0v) is 19.4. The molecule has 0 unspecified atom stereocenters. The van der Waals surface area contributed by atoms with Gasteiger partial charge in [0.05, 0.1) is 0 Å². The quantitative estimate of drug-likeness (QED) is 0.484. The van der Waals surface area contributed by atoms with Crippen molar-refractivity contribution in [3.63, 3.8) is 0 Å². The van der Waals surface area contributed by atoms with Crippen molar-refractivity contribution >= 4 is 35.0 Å². The number of morpholine rings is 1. The van der Waals surface area contributed by atoms with Gasteiger partial charge in [-0.3, -0.25) is 14.6 Å². The first kappa shape index (κ1) is 23.6. The van der Waals surface area contributed by atoms with Gasteiger partial charge < -0.3 is 4.74 Å². The van der Waals surface area contributed by atoms with Gasteiger partial charge in [-0.2, -0.15) is 0 Å². The van der Waals surface area contributed by atoms with Crippen LogP contribution in [0.4, 0.5) is 0 Å². The van der Waals surface area contributed by atoms with E-state index in [9.17, 15) is 9.59 Å². The molecule has 3 rings (SSSR count). The minimum Gasteiger partial charge on any atom is -0.361 e. The fourth-order valence-corrected chi connectivity index (χ4v) is 4.07. The van der Waals surface area contributed by atoms with Gasteiger partial charge in [0.1, 0.15) is 18.8 Å². The van der Waals surface area contributed by atoms with E-state index in [0.717, 1.165) is 30.4 Å². The Bertz CT molecular complexity index is 887. The van der Waals surface area contributed by atoms with Crippen molar-refractivity contribution in [3.8, 4) is 0 Å². The van der Waals surface area contributed by atoms with Crippen molar-refractivity contribution in [2.45, 2.75) is 51.7 Å². The first-order chi connectivity index (χ1) is 15.0. The topological polar surface area (TPSA) is 49.9 Å². The van der Waals surface area contributed by atoms with Crippen LogP contribution in [0, 0.1) is 0 Å². The number of benzene rings is 2. The standard InChI is InChI=1S/C24H28Cl2N2O3/c1-3-5-6-21(29)27(15-4-2)28-22(30)16-31-24(18-9-13-20(26)14-10-18)23(28)17-7-11-19(25)12-8-17/h7-14,23-24H,3-6,15-16H2,1-2H3/t23-,24+/m1/s1. The highest BCUT2D eigenvalue weighted by atomic mass is 35.5. The fraction of sp³-hybridized carbons (Fsp3) is 0.417. The van der Waals surface area contributed by atoms with E-state index in [0.29, 0.717) is 23.0 Å². The molecule has 7 heteroatoms. The largest absolute Gasteiger partial charge is 0.361 e. The fourth-order valence-electron chi connectivity index (χ4n) is 3.81. The molecule has 0 aromatic heterocycles. The van der Waals surface area contributed by atoms with E-state index in [1.807, 2.05) is 38.1 Å². The SMILES string of the molecule is CCCCC(=O)N(CCC)N1C(=O)CO[C@@H](c2ccc(Cl)cc2)[C@H]1c1ccc(Cl)cc1. The summed E-state index contributed by atoms with van der Waals surface area (Å²) in [6, 6.07) is 14.2. The van der Waals surface area contributed by atoms with Gasteiger partial charge in [0.15, 0.2) is 0 Å². The summed E-state index contributed by atoms with van der Waals surface area (Å²) < 4.78 is 6.03. The number of unbranched alkanes of at least 4 members (excludes halogenated alkanes) is 1. The lowest BCUT2D eigenvalue weighted by Gasteiger charge is -2.46. The molecule has 0 aliphatic carbocycles. The number of rotatable bonds is 8. The molecule has 31 heavy (non-hydrogen) atoms. The average molecular weight is 463 g/mol. The van der Waals surface area contributed by atoms with E-state index in [2.05, 4.69) is 0 Å². The normalized spacial score (nSPS) is 18.8. The second kappa shape index (κ2) is 11.0. The predicted molar refractivity (Wildman–Crippen MR) is 123 cm³/mol. The maximum absolute atomic E-state index is 13.1. The Morgan fingerprint density at radius 1 is 1.00 bits per heavy atom. The first-order valence-corrected chi connectivity index (χ1v) is 11.5. The molecule has 2 atom stereocenters. The second-order valence-electron chi connectivity index (χ2n) is 7.64. The highest BCUT2D eigenvalue weighted by molar-refractivity contribution is 6.30. The maximum Gasteiger partial charge on any atom is 0.267 e. The maximum atomic E-state index is 13.1. The van der Waals surface area contributed by atoms with Crippen LogP contribution in [0.1, 0.15) is 62.8 Å². The average Bonchev–Trinajstić information content (AvgIpc) is 2.77. The summed E-state index contributed by atoms with van der Waals surface area (Å²) in [5.74, 6) is -0.281. The highest BCUT2D eigenvalue weighted by Gasteiger charge is 2.43. The monoisotopic (exact) mass is 462 g/mol. The van der Waals surface area contributed by atoms with Gasteiger partial charge in [-0.15, -0.1) is 0 Å². The zero-order valence-electron chi connectivity index (χ0n) is 17.9. The summed E-state index contributed by atoms with van der Waals surface area (Å²) in [6.07, 6.45) is 2.39. The number of carbonyl (C=O) groups excluding carboxylic acids is 2. The van der Waals surface area contributed by atoms with Crippen molar-refractivity contribution in [2.24, 2.45) is 0 Å². The first-order valence-electron chi connectivity index (χ1n) is 10.7. The van der Waals surface area contributed by atoms with E-state index in [1.54, 1.807) is 34.3 Å². The summed E-state index contributed by atoms with van der Waals surface area (Å²) in [7, 11) is 0. The number of carbonyl (C=O) groups is 2. The van der Waals surface area contributed by atoms with Gasteiger partial charge in [-0.05, 0) is 48.2 Å². The van der Waals surface area contributed by atoms with Crippen LogP contribution in [-0.2, 0) is 14.3 Å². The van der Waals surface area contributed by atoms with Crippen LogP contribution in [0.5, 0.6) is 0 Å². The lowest BCUT2D eigenvalue weighted by molar-refractivity contribution is -0.197. The predicted octanol–water partition coefficient (Wildman–Crippen LogP) is 5.98. The molecule has 166 valence electrons. The summed E-state index contributed by atoms with van der Waals surface area (Å²) in [5, 5.41) is 4.44. The molecule has 0 N–H and O–H groups in total. The van der Waals surface area contributed by atoms with Crippen molar-refractivity contribution in [2.75, 3.05) is 13.2 Å². The smallest absolute Gasteiger partial charge is 0.267 e. The van der Waals surface area contributed by atoms with Gasteiger partial charge in [-0.25, -0.2) is 5.01 Å². The molecular weight excluding hydrogens is 435 g/mol. The van der Waals surface area contributed by atoms with E-state index in [4.69, 9.17) is 27.9 Å². The number of hydrogen-bond donors (Lipinski definition) is 0.